The van der Waals surface area contributed by atoms with Gasteiger partial charge in [-0.3, -0.25) is 0 Å². The lowest BCUT2D eigenvalue weighted by molar-refractivity contribution is 0.327. The van der Waals surface area contributed by atoms with E-state index >= 15 is 0 Å². The van der Waals surface area contributed by atoms with Gasteiger partial charge < -0.3 is 15.0 Å². The Hall–Kier alpha value is -1.29. The summed E-state index contributed by atoms with van der Waals surface area (Å²) < 4.78 is 5.33. The zero-order valence-corrected chi connectivity index (χ0v) is 10.4. The second-order valence-electron chi connectivity index (χ2n) is 3.88. The van der Waals surface area contributed by atoms with Crippen LogP contribution in [0.1, 0.15) is 13.3 Å². The number of hydrogen-bond donors (Lipinski definition) is 1. The molecule has 0 saturated heterocycles. The number of pyridine rings is 1. The first-order valence-corrected chi connectivity index (χ1v) is 5.71. The molecular formula is C12H21N3O. The van der Waals surface area contributed by atoms with Crippen molar-refractivity contribution in [1.82, 2.24) is 9.88 Å². The van der Waals surface area contributed by atoms with E-state index in [0.717, 1.165) is 25.3 Å². The van der Waals surface area contributed by atoms with Gasteiger partial charge >= 0.3 is 0 Å². The van der Waals surface area contributed by atoms with Crippen molar-refractivity contribution in [3.05, 3.63) is 18.2 Å². The summed E-state index contributed by atoms with van der Waals surface area (Å²) in [6.07, 6.45) is 1.10. The van der Waals surface area contributed by atoms with Gasteiger partial charge in [-0.05, 0) is 40.1 Å². The first-order valence-electron chi connectivity index (χ1n) is 5.71. The molecule has 0 aliphatic carbocycles. The number of rotatable bonds is 7. The Morgan fingerprint density at radius 3 is 2.88 bits per heavy atom. The monoisotopic (exact) mass is 223 g/mol. The maximum atomic E-state index is 5.33. The molecule has 0 atom stereocenters. The summed E-state index contributed by atoms with van der Waals surface area (Å²) in [7, 11) is 4.15. The van der Waals surface area contributed by atoms with Crippen LogP contribution in [0.3, 0.4) is 0 Å². The molecule has 0 aromatic carbocycles. The van der Waals surface area contributed by atoms with Gasteiger partial charge in [0, 0.05) is 12.6 Å². The Morgan fingerprint density at radius 1 is 1.38 bits per heavy atom. The van der Waals surface area contributed by atoms with Crippen LogP contribution in [0.15, 0.2) is 18.2 Å². The van der Waals surface area contributed by atoms with Gasteiger partial charge in [-0.25, -0.2) is 0 Å². The summed E-state index contributed by atoms with van der Waals surface area (Å²) in [5.74, 6) is 1.56. The summed E-state index contributed by atoms with van der Waals surface area (Å²) in [4.78, 5) is 6.50. The van der Waals surface area contributed by atoms with E-state index in [1.165, 1.54) is 0 Å². The fraction of sp³-hybridized carbons (Fsp3) is 0.583. The Kier molecular flexibility index (Phi) is 5.64. The van der Waals surface area contributed by atoms with Crippen molar-refractivity contribution < 1.29 is 4.74 Å². The van der Waals surface area contributed by atoms with E-state index in [9.17, 15) is 0 Å². The van der Waals surface area contributed by atoms with Crippen LogP contribution < -0.4 is 10.1 Å². The minimum atomic E-state index is 0.650. The summed E-state index contributed by atoms with van der Waals surface area (Å²) in [6, 6.07) is 5.78. The molecule has 16 heavy (non-hydrogen) atoms. The Balaban J connectivity index is 2.33. The highest BCUT2D eigenvalue weighted by atomic mass is 16.5. The van der Waals surface area contributed by atoms with Crippen LogP contribution in [0, 0.1) is 0 Å². The summed E-state index contributed by atoms with van der Waals surface area (Å²) in [5.41, 5.74) is 0. The summed E-state index contributed by atoms with van der Waals surface area (Å²) in [5, 5.41) is 3.28. The van der Waals surface area contributed by atoms with Crippen LogP contribution in [0.5, 0.6) is 5.88 Å². The molecule has 0 bridgehead atoms. The molecule has 0 aliphatic heterocycles. The fourth-order valence-electron chi connectivity index (χ4n) is 1.35. The highest BCUT2D eigenvalue weighted by molar-refractivity contribution is 5.36. The molecule has 1 N–H and O–H groups in total. The number of anilines is 1. The second-order valence-corrected chi connectivity index (χ2v) is 3.88. The van der Waals surface area contributed by atoms with Crippen LogP contribution >= 0.6 is 0 Å². The maximum Gasteiger partial charge on any atom is 0.215 e. The number of hydrogen-bond acceptors (Lipinski definition) is 4. The predicted octanol–water partition coefficient (Wildman–Crippen LogP) is 1.84. The lowest BCUT2D eigenvalue weighted by atomic mass is 10.4. The molecular weight excluding hydrogens is 202 g/mol. The van der Waals surface area contributed by atoms with E-state index in [0.29, 0.717) is 12.5 Å². The third-order valence-electron chi connectivity index (χ3n) is 2.10. The van der Waals surface area contributed by atoms with Gasteiger partial charge in [-0.1, -0.05) is 6.07 Å². The van der Waals surface area contributed by atoms with Gasteiger partial charge in [-0.15, -0.1) is 0 Å². The highest BCUT2D eigenvalue weighted by Crippen LogP contribution is 2.10. The van der Waals surface area contributed by atoms with E-state index in [1.54, 1.807) is 0 Å². The third kappa shape index (κ3) is 4.98. The summed E-state index contributed by atoms with van der Waals surface area (Å²) in [6.45, 7) is 4.62. The zero-order chi connectivity index (χ0) is 11.8. The van der Waals surface area contributed by atoms with Gasteiger partial charge in [0.2, 0.25) is 5.88 Å². The van der Waals surface area contributed by atoms with Crippen molar-refractivity contribution in [3.63, 3.8) is 0 Å². The molecule has 0 unspecified atom stereocenters. The molecule has 0 aliphatic rings. The van der Waals surface area contributed by atoms with Crippen molar-refractivity contribution in [2.24, 2.45) is 0 Å². The van der Waals surface area contributed by atoms with Gasteiger partial charge in [0.15, 0.2) is 0 Å². The average Bonchev–Trinajstić information content (AvgIpc) is 2.25. The van der Waals surface area contributed by atoms with Crippen molar-refractivity contribution in [2.75, 3.05) is 39.1 Å². The van der Waals surface area contributed by atoms with Crippen LogP contribution in [-0.2, 0) is 0 Å². The molecule has 1 rings (SSSR count). The molecule has 4 heteroatoms. The number of aromatic nitrogens is 1. The lowest BCUT2D eigenvalue weighted by Crippen LogP contribution is -2.16. The van der Waals surface area contributed by atoms with Gasteiger partial charge in [0.1, 0.15) is 5.82 Å². The van der Waals surface area contributed by atoms with Crippen LogP contribution in [0.25, 0.3) is 0 Å². The predicted molar refractivity (Wildman–Crippen MR) is 67.1 cm³/mol. The zero-order valence-electron chi connectivity index (χ0n) is 10.4. The molecule has 1 aromatic heterocycles. The molecule has 0 spiro atoms. The largest absolute Gasteiger partial charge is 0.478 e. The third-order valence-corrected chi connectivity index (χ3v) is 2.10. The molecule has 4 nitrogen and oxygen atoms in total. The Bertz CT molecular complexity index is 302. The van der Waals surface area contributed by atoms with Crippen molar-refractivity contribution >= 4 is 5.82 Å². The molecule has 0 amide bonds. The average molecular weight is 223 g/mol. The first-order chi connectivity index (χ1) is 7.72. The SMILES string of the molecule is CCOc1cccc(NCCCN(C)C)n1. The Labute approximate surface area is 97.6 Å². The van der Waals surface area contributed by atoms with Crippen molar-refractivity contribution in [1.29, 1.82) is 0 Å². The van der Waals surface area contributed by atoms with E-state index in [2.05, 4.69) is 29.3 Å². The minimum absolute atomic E-state index is 0.650. The molecule has 0 fully saturated rings. The smallest absolute Gasteiger partial charge is 0.215 e. The second kappa shape index (κ2) is 7.06. The molecule has 90 valence electrons. The van der Waals surface area contributed by atoms with Crippen LogP contribution in [0.4, 0.5) is 5.82 Å². The molecule has 0 saturated carbocycles. The highest BCUT2D eigenvalue weighted by Gasteiger charge is 1.97. The van der Waals surface area contributed by atoms with Crippen molar-refractivity contribution in [3.8, 4) is 5.88 Å². The van der Waals surface area contributed by atoms with E-state index in [4.69, 9.17) is 4.74 Å². The topological polar surface area (TPSA) is 37.4 Å². The standard InChI is InChI=1S/C12H21N3O/c1-4-16-12-8-5-7-11(14-12)13-9-6-10-15(2)3/h5,7-8H,4,6,9-10H2,1-3H3,(H,13,14). The van der Waals surface area contributed by atoms with E-state index in [-0.39, 0.29) is 0 Å². The first kappa shape index (κ1) is 12.8. The van der Waals surface area contributed by atoms with Gasteiger partial charge in [0.05, 0.1) is 6.61 Å². The number of nitrogens with zero attached hydrogens (tertiary/aromatic N) is 2. The lowest BCUT2D eigenvalue weighted by Gasteiger charge is -2.10. The minimum Gasteiger partial charge on any atom is -0.478 e. The fourth-order valence-corrected chi connectivity index (χ4v) is 1.35. The molecule has 0 radical (unpaired) electrons. The quantitative estimate of drug-likeness (QED) is 0.716. The number of ether oxygens (including phenoxy) is 1. The Morgan fingerprint density at radius 2 is 2.19 bits per heavy atom. The van der Waals surface area contributed by atoms with E-state index in [1.807, 2.05) is 25.1 Å². The molecule has 1 heterocycles. The normalized spacial score (nSPS) is 10.5. The van der Waals surface area contributed by atoms with Crippen LogP contribution in [0.2, 0.25) is 0 Å². The number of nitrogens with one attached hydrogen (secondary N) is 1. The van der Waals surface area contributed by atoms with E-state index < -0.39 is 0 Å². The maximum absolute atomic E-state index is 5.33. The van der Waals surface area contributed by atoms with Crippen LogP contribution in [-0.4, -0.2) is 43.7 Å². The van der Waals surface area contributed by atoms with Crippen molar-refractivity contribution in [2.45, 2.75) is 13.3 Å². The van der Waals surface area contributed by atoms with Gasteiger partial charge in [0.25, 0.3) is 0 Å². The van der Waals surface area contributed by atoms with Gasteiger partial charge in [-0.2, -0.15) is 4.98 Å². The summed E-state index contributed by atoms with van der Waals surface area (Å²) >= 11 is 0. The molecule has 1 aromatic rings.